The third-order valence-corrected chi connectivity index (χ3v) is 4.54. The van der Waals surface area contributed by atoms with Crippen LogP contribution in [0, 0.1) is 19.8 Å². The van der Waals surface area contributed by atoms with Gasteiger partial charge in [0.15, 0.2) is 0 Å². The first-order chi connectivity index (χ1) is 13.1. The lowest BCUT2D eigenvalue weighted by Gasteiger charge is -2.12. The van der Waals surface area contributed by atoms with Gasteiger partial charge in [-0.15, -0.1) is 0 Å². The largest absolute Gasteiger partial charge is 0.361 e. The van der Waals surface area contributed by atoms with Crippen LogP contribution in [0.25, 0.3) is 22.4 Å². The van der Waals surface area contributed by atoms with Crippen molar-refractivity contribution in [3.8, 4) is 22.4 Å². The zero-order chi connectivity index (χ0) is 18.8. The fourth-order valence-electron chi connectivity index (χ4n) is 3.30. The minimum atomic E-state index is -0.524. The number of hydrogen-bond donors (Lipinski definition) is 0. The quantitative estimate of drug-likeness (QED) is 0.473. The van der Waals surface area contributed by atoms with Crippen molar-refractivity contribution in [3.05, 3.63) is 89.5 Å². The van der Waals surface area contributed by atoms with Crippen molar-refractivity contribution < 1.29 is 8.91 Å². The Balaban J connectivity index is 1.88. The summed E-state index contributed by atoms with van der Waals surface area (Å²) < 4.78 is 19.6. The standard InChI is InChI=1S/C22H18FN3O/c1-14-20(15(2)27-26-14)18-12-17(11-16-7-4-3-5-8-16)21(25-13-18)19-9-6-10-24-22(19)23/h3-10,12-13H,11H2,1-2H3. The molecule has 0 bridgehead atoms. The van der Waals surface area contributed by atoms with E-state index in [2.05, 4.69) is 15.1 Å². The molecular formula is C22H18FN3O. The summed E-state index contributed by atoms with van der Waals surface area (Å²) in [6, 6.07) is 15.5. The molecule has 3 heterocycles. The molecule has 1 aromatic carbocycles. The van der Waals surface area contributed by atoms with Gasteiger partial charge in [0.1, 0.15) is 5.76 Å². The van der Waals surface area contributed by atoms with Crippen LogP contribution in [0.15, 0.2) is 65.4 Å². The number of benzene rings is 1. The van der Waals surface area contributed by atoms with Crippen LogP contribution in [0.2, 0.25) is 0 Å². The average Bonchev–Trinajstić information content (AvgIpc) is 3.02. The van der Waals surface area contributed by atoms with E-state index >= 15 is 0 Å². The van der Waals surface area contributed by atoms with E-state index < -0.39 is 5.95 Å². The summed E-state index contributed by atoms with van der Waals surface area (Å²) >= 11 is 0. The topological polar surface area (TPSA) is 51.8 Å². The van der Waals surface area contributed by atoms with E-state index in [-0.39, 0.29) is 0 Å². The van der Waals surface area contributed by atoms with Gasteiger partial charge in [-0.25, -0.2) is 4.98 Å². The van der Waals surface area contributed by atoms with E-state index in [1.54, 1.807) is 18.3 Å². The molecule has 0 aliphatic rings. The van der Waals surface area contributed by atoms with Crippen LogP contribution in [0.1, 0.15) is 22.6 Å². The molecule has 3 aromatic heterocycles. The molecule has 0 saturated heterocycles. The summed E-state index contributed by atoms with van der Waals surface area (Å²) in [6.45, 7) is 3.78. The molecule has 0 N–H and O–H groups in total. The van der Waals surface area contributed by atoms with Gasteiger partial charge in [-0.05, 0) is 49.6 Å². The van der Waals surface area contributed by atoms with Gasteiger partial charge in [-0.2, -0.15) is 4.39 Å². The second-order valence-corrected chi connectivity index (χ2v) is 6.44. The Morgan fingerprint density at radius 1 is 1.00 bits per heavy atom. The van der Waals surface area contributed by atoms with Gasteiger partial charge in [-0.1, -0.05) is 35.5 Å². The molecule has 4 rings (SSSR count). The highest BCUT2D eigenvalue weighted by atomic mass is 19.1. The number of aryl methyl sites for hydroxylation is 2. The van der Waals surface area contributed by atoms with E-state index in [1.165, 1.54) is 6.20 Å². The second-order valence-electron chi connectivity index (χ2n) is 6.44. The van der Waals surface area contributed by atoms with Gasteiger partial charge < -0.3 is 4.52 Å². The van der Waals surface area contributed by atoms with Gasteiger partial charge >= 0.3 is 0 Å². The smallest absolute Gasteiger partial charge is 0.222 e. The lowest BCUT2D eigenvalue weighted by atomic mass is 9.96. The fraction of sp³-hybridized carbons (Fsp3) is 0.136. The molecule has 0 radical (unpaired) electrons. The highest BCUT2D eigenvalue weighted by Gasteiger charge is 2.17. The third-order valence-electron chi connectivity index (χ3n) is 4.54. The lowest BCUT2D eigenvalue weighted by molar-refractivity contribution is 0.393. The Kier molecular flexibility index (Phi) is 4.50. The monoisotopic (exact) mass is 359 g/mol. The molecule has 0 fully saturated rings. The van der Waals surface area contributed by atoms with Crippen LogP contribution in [0.4, 0.5) is 4.39 Å². The van der Waals surface area contributed by atoms with Gasteiger partial charge in [-0.3, -0.25) is 4.98 Å². The Labute approximate surface area is 156 Å². The Bertz CT molecular complexity index is 1070. The molecule has 0 amide bonds. The van der Waals surface area contributed by atoms with Crippen LogP contribution in [0.3, 0.4) is 0 Å². The Morgan fingerprint density at radius 3 is 2.52 bits per heavy atom. The van der Waals surface area contributed by atoms with E-state index in [9.17, 15) is 4.39 Å². The van der Waals surface area contributed by atoms with Gasteiger partial charge in [0.2, 0.25) is 5.95 Å². The zero-order valence-electron chi connectivity index (χ0n) is 15.1. The maximum absolute atomic E-state index is 14.3. The van der Waals surface area contributed by atoms with Crippen molar-refractivity contribution >= 4 is 0 Å². The molecule has 0 saturated carbocycles. The number of hydrogen-bond acceptors (Lipinski definition) is 4. The van der Waals surface area contributed by atoms with Crippen LogP contribution in [-0.2, 0) is 6.42 Å². The third kappa shape index (κ3) is 3.36. The number of pyridine rings is 2. The first-order valence-corrected chi connectivity index (χ1v) is 8.70. The number of halogens is 1. The minimum absolute atomic E-state index is 0.397. The van der Waals surface area contributed by atoms with Crippen molar-refractivity contribution in [2.45, 2.75) is 20.3 Å². The van der Waals surface area contributed by atoms with Gasteiger partial charge in [0, 0.05) is 23.5 Å². The van der Waals surface area contributed by atoms with Crippen LogP contribution in [0.5, 0.6) is 0 Å². The fourth-order valence-corrected chi connectivity index (χ4v) is 3.30. The highest BCUT2D eigenvalue weighted by molar-refractivity contribution is 5.72. The SMILES string of the molecule is Cc1noc(C)c1-c1cnc(-c2cccnc2F)c(Cc2ccccc2)c1. The van der Waals surface area contributed by atoms with Crippen LogP contribution in [-0.4, -0.2) is 15.1 Å². The van der Waals surface area contributed by atoms with Crippen molar-refractivity contribution in [3.63, 3.8) is 0 Å². The normalized spacial score (nSPS) is 10.9. The molecule has 0 spiro atoms. The number of nitrogens with zero attached hydrogens (tertiary/aromatic N) is 3. The first-order valence-electron chi connectivity index (χ1n) is 8.70. The van der Waals surface area contributed by atoms with Crippen LogP contribution < -0.4 is 0 Å². The van der Waals surface area contributed by atoms with Crippen molar-refractivity contribution in [2.75, 3.05) is 0 Å². The first kappa shape index (κ1) is 17.1. The lowest BCUT2D eigenvalue weighted by Crippen LogP contribution is -1.99. The second kappa shape index (κ2) is 7.11. The molecule has 0 atom stereocenters. The molecule has 4 aromatic rings. The predicted octanol–water partition coefficient (Wildman–Crippen LogP) is 5.15. The van der Waals surface area contributed by atoms with E-state index in [4.69, 9.17) is 4.52 Å². The Hall–Kier alpha value is -3.34. The molecule has 134 valence electrons. The average molecular weight is 359 g/mol. The summed E-state index contributed by atoms with van der Waals surface area (Å²) in [4.78, 5) is 8.37. The van der Waals surface area contributed by atoms with Crippen molar-refractivity contribution in [1.82, 2.24) is 15.1 Å². The summed E-state index contributed by atoms with van der Waals surface area (Å²) in [6.07, 6.45) is 3.81. The Morgan fingerprint density at radius 2 is 1.81 bits per heavy atom. The molecule has 5 heteroatoms. The minimum Gasteiger partial charge on any atom is -0.361 e. The molecule has 0 aliphatic heterocycles. The molecule has 4 nitrogen and oxygen atoms in total. The van der Waals surface area contributed by atoms with E-state index in [0.717, 1.165) is 33.7 Å². The van der Waals surface area contributed by atoms with Crippen molar-refractivity contribution in [2.24, 2.45) is 0 Å². The highest BCUT2D eigenvalue weighted by Crippen LogP contribution is 2.32. The van der Waals surface area contributed by atoms with Gasteiger partial charge in [0.05, 0.1) is 17.0 Å². The van der Waals surface area contributed by atoms with Gasteiger partial charge in [0.25, 0.3) is 0 Å². The number of rotatable bonds is 4. The van der Waals surface area contributed by atoms with Crippen molar-refractivity contribution in [1.29, 1.82) is 0 Å². The van der Waals surface area contributed by atoms with E-state index in [0.29, 0.717) is 17.7 Å². The van der Waals surface area contributed by atoms with Crippen LogP contribution >= 0.6 is 0 Å². The summed E-state index contributed by atoms with van der Waals surface area (Å²) in [5.74, 6) is 0.213. The zero-order valence-corrected chi connectivity index (χ0v) is 15.1. The maximum atomic E-state index is 14.3. The van der Waals surface area contributed by atoms with E-state index in [1.807, 2.05) is 50.2 Å². The molecule has 0 unspecified atom stereocenters. The summed E-state index contributed by atoms with van der Waals surface area (Å²) in [7, 11) is 0. The summed E-state index contributed by atoms with van der Waals surface area (Å²) in [5, 5.41) is 4.03. The molecule has 0 aliphatic carbocycles. The predicted molar refractivity (Wildman–Crippen MR) is 102 cm³/mol. The molecule has 27 heavy (non-hydrogen) atoms. The summed E-state index contributed by atoms with van der Waals surface area (Å²) in [5.41, 5.74) is 5.68. The maximum Gasteiger partial charge on any atom is 0.222 e. The number of aromatic nitrogens is 3. The molecular weight excluding hydrogens is 341 g/mol.